The first kappa shape index (κ1) is 25.8. The number of β-lactam (4-membered cyclic amide) rings is 1. The Morgan fingerprint density at radius 1 is 1.32 bits per heavy atom. The van der Waals surface area contributed by atoms with E-state index in [1.54, 1.807) is 0 Å². The molecule has 6 heterocycles. The minimum Gasteiger partial charge on any atom is -0.543 e. The number of oxime groups is 1. The Labute approximate surface area is 221 Å². The van der Waals surface area contributed by atoms with Crippen molar-refractivity contribution in [2.75, 3.05) is 39.0 Å². The maximum absolute atomic E-state index is 13.1. The first-order valence-corrected chi connectivity index (χ1v) is 13.7. The zero-order chi connectivity index (χ0) is 26.5. The highest BCUT2D eigenvalue weighted by Crippen LogP contribution is 2.46. The number of carboxylic acids is 1. The summed E-state index contributed by atoms with van der Waals surface area (Å²) in [5.74, 6) is -2.72. The third-order valence-corrected chi connectivity index (χ3v) is 10.0. The molecule has 3 atom stereocenters. The quantitative estimate of drug-likeness (QED) is 0.0766. The number of nitrogens with two attached hydrogens (primary N) is 2. The number of fused-ring (bicyclic) bond motifs is 4. The molecule has 200 valence electrons. The molecule has 6 aliphatic rings. The Morgan fingerprint density at radius 3 is 2.54 bits per heavy atom. The highest BCUT2D eigenvalue weighted by molar-refractivity contribution is 8.00. The fourth-order valence-corrected chi connectivity index (χ4v) is 7.67. The molecule has 0 radical (unpaired) electrons. The third-order valence-electron chi connectivity index (χ3n) is 8.01. The smallest absolute Gasteiger partial charge is 0.291 e. The monoisotopic (exact) mass is 552 g/mol. The predicted molar refractivity (Wildman–Crippen MR) is 133 cm³/mol. The van der Waals surface area contributed by atoms with Crippen molar-refractivity contribution in [3.8, 4) is 0 Å². The van der Waals surface area contributed by atoms with E-state index >= 15 is 0 Å². The summed E-state index contributed by atoms with van der Waals surface area (Å²) in [5, 5.41) is 18.0. The number of rotatable bonds is 6. The number of quaternary nitrogens is 1. The summed E-state index contributed by atoms with van der Waals surface area (Å²) >= 11 is 2.42. The zero-order valence-corrected chi connectivity index (χ0v) is 21.8. The molecule has 4 saturated heterocycles. The van der Waals surface area contributed by atoms with Gasteiger partial charge in [0.15, 0.2) is 5.50 Å². The van der Waals surface area contributed by atoms with Crippen molar-refractivity contribution in [2.24, 2.45) is 26.4 Å². The number of amides is 3. The zero-order valence-electron chi connectivity index (χ0n) is 20.1. The van der Waals surface area contributed by atoms with Crippen molar-refractivity contribution in [1.29, 1.82) is 0 Å². The normalized spacial score (nSPS) is 34.8. The Bertz CT molecular complexity index is 1120. The van der Waals surface area contributed by atoms with Gasteiger partial charge < -0.3 is 36.0 Å². The van der Waals surface area contributed by atoms with Gasteiger partial charge in [0.1, 0.15) is 31.4 Å². The number of carbonyl (C=O) groups excluding carboxylic acids is 4. The Balaban J connectivity index is 1.31. The number of amidine groups is 1. The molecule has 6 rings (SSSR count). The van der Waals surface area contributed by atoms with E-state index in [-0.39, 0.29) is 17.4 Å². The maximum Gasteiger partial charge on any atom is 0.291 e. The molecular formula is C21H28N8O6S2. The summed E-state index contributed by atoms with van der Waals surface area (Å²) in [6.07, 6.45) is 3.37. The van der Waals surface area contributed by atoms with Crippen LogP contribution in [0.2, 0.25) is 0 Å². The van der Waals surface area contributed by atoms with Crippen molar-refractivity contribution in [1.82, 2.24) is 15.1 Å². The standard InChI is InChI=1S/C21H28N8O6S2/c1-35-26-14(27-10-24-37-20(27)23)15(30)25-12-16(31)28-13(18(32)33)11(9-36-17(12)28)8-29-5-2-21(3-6-29,4-7-29)19(22)34/h10,12,17,20H,2-9,23H2,1H3,(H3-,22,25,30,32,33,34)/b26-14-/t12-,17+,20?,21?,29?/m1/s1. The van der Waals surface area contributed by atoms with Gasteiger partial charge in [-0.2, -0.15) is 0 Å². The van der Waals surface area contributed by atoms with Crippen LogP contribution in [0.15, 0.2) is 20.8 Å². The van der Waals surface area contributed by atoms with Crippen molar-refractivity contribution >= 4 is 59.6 Å². The van der Waals surface area contributed by atoms with Gasteiger partial charge in [-0.25, -0.2) is 4.40 Å². The number of nitrogens with one attached hydrogen (secondary N) is 1. The van der Waals surface area contributed by atoms with E-state index in [4.69, 9.17) is 16.3 Å². The van der Waals surface area contributed by atoms with E-state index in [2.05, 4.69) is 14.9 Å². The Morgan fingerprint density at radius 2 is 2.00 bits per heavy atom. The van der Waals surface area contributed by atoms with Crippen molar-refractivity contribution in [3.63, 3.8) is 0 Å². The van der Waals surface area contributed by atoms with Gasteiger partial charge in [-0.05, 0) is 0 Å². The van der Waals surface area contributed by atoms with Crippen LogP contribution >= 0.6 is 23.7 Å². The number of primary amides is 1. The lowest BCUT2D eigenvalue weighted by Gasteiger charge is -2.55. The Kier molecular flexibility index (Phi) is 6.62. The molecule has 1 unspecified atom stereocenters. The number of hydrogen-bond acceptors (Lipinski definition) is 11. The van der Waals surface area contributed by atoms with Crippen LogP contribution in [0.5, 0.6) is 0 Å². The summed E-state index contributed by atoms with van der Waals surface area (Å²) in [4.78, 5) is 57.5. The van der Waals surface area contributed by atoms with Crippen molar-refractivity contribution < 1.29 is 33.6 Å². The van der Waals surface area contributed by atoms with Crippen molar-refractivity contribution in [2.45, 2.75) is 36.2 Å². The first-order valence-electron chi connectivity index (χ1n) is 11.8. The van der Waals surface area contributed by atoms with Crippen LogP contribution in [0.25, 0.3) is 0 Å². The average molecular weight is 553 g/mol. The lowest BCUT2D eigenvalue weighted by molar-refractivity contribution is -0.940. The minimum absolute atomic E-state index is 0.125. The van der Waals surface area contributed by atoms with Crippen LogP contribution in [0.1, 0.15) is 19.3 Å². The molecule has 0 saturated carbocycles. The third kappa shape index (κ3) is 4.24. The van der Waals surface area contributed by atoms with Gasteiger partial charge in [-0.3, -0.25) is 24.2 Å². The molecule has 2 bridgehead atoms. The Hall–Kier alpha value is -2.82. The predicted octanol–water partition coefficient (Wildman–Crippen LogP) is -2.93. The number of carbonyl (C=O) groups is 4. The van der Waals surface area contributed by atoms with E-state index in [0.717, 1.165) is 31.6 Å². The lowest BCUT2D eigenvalue weighted by Crippen LogP contribution is -2.72. The SMILES string of the molecule is CO/N=C(/C(=O)N[C@@H]1C(=O)N2C(C(=O)[O-])=C(C[N+]34CCC(C(N)=O)(CC3)CC4)CS[C@@H]12)N1C=NSC1N. The summed E-state index contributed by atoms with van der Waals surface area (Å²) < 4.78 is 4.60. The lowest BCUT2D eigenvalue weighted by atomic mass is 9.70. The van der Waals surface area contributed by atoms with Gasteiger partial charge in [-0.15, -0.1) is 11.8 Å². The summed E-state index contributed by atoms with van der Waals surface area (Å²) in [6, 6.07) is -0.952. The number of hydrogen-bond donors (Lipinski definition) is 3. The average Bonchev–Trinajstić information content (AvgIpc) is 3.31. The van der Waals surface area contributed by atoms with Crippen LogP contribution in [0.3, 0.4) is 0 Å². The number of aliphatic carboxylic acids is 1. The molecule has 16 heteroatoms. The molecule has 0 aromatic carbocycles. The summed E-state index contributed by atoms with van der Waals surface area (Å²) in [7, 11) is 1.27. The van der Waals surface area contributed by atoms with E-state index in [1.807, 2.05) is 0 Å². The fourth-order valence-electron chi connectivity index (χ4n) is 5.80. The van der Waals surface area contributed by atoms with E-state index in [9.17, 15) is 24.3 Å². The first-order chi connectivity index (χ1) is 17.6. The molecule has 0 aromatic heterocycles. The molecule has 6 aliphatic heterocycles. The van der Waals surface area contributed by atoms with Crippen LogP contribution in [0.4, 0.5) is 0 Å². The van der Waals surface area contributed by atoms with E-state index < -0.39 is 40.1 Å². The topological polar surface area (TPSA) is 196 Å². The van der Waals surface area contributed by atoms with Gasteiger partial charge >= 0.3 is 0 Å². The molecule has 0 aliphatic carbocycles. The summed E-state index contributed by atoms with van der Waals surface area (Å²) in [5.41, 5.74) is 10.9. The molecule has 37 heavy (non-hydrogen) atoms. The van der Waals surface area contributed by atoms with Gasteiger partial charge in [0.25, 0.3) is 11.8 Å². The molecule has 4 fully saturated rings. The highest BCUT2D eigenvalue weighted by atomic mass is 32.2. The second kappa shape index (κ2) is 9.49. The number of carboxylic acid groups (broad SMARTS) is 1. The molecule has 0 spiro atoms. The minimum atomic E-state index is -1.42. The van der Waals surface area contributed by atoms with Gasteiger partial charge in [0.05, 0.1) is 36.7 Å². The van der Waals surface area contributed by atoms with Gasteiger partial charge in [-0.1, -0.05) is 5.16 Å². The second-order valence-corrected chi connectivity index (χ2v) is 11.9. The number of thioether (sulfide) groups is 1. The van der Waals surface area contributed by atoms with E-state index in [1.165, 1.54) is 35.0 Å². The van der Waals surface area contributed by atoms with E-state index in [0.29, 0.717) is 41.6 Å². The van der Waals surface area contributed by atoms with Crippen molar-refractivity contribution in [3.05, 3.63) is 11.3 Å². The largest absolute Gasteiger partial charge is 0.543 e. The number of piperidine rings is 3. The van der Waals surface area contributed by atoms with Crippen LogP contribution in [-0.4, -0.2) is 106 Å². The molecule has 14 nitrogen and oxygen atoms in total. The van der Waals surface area contributed by atoms with Crippen LogP contribution < -0.4 is 21.9 Å². The fraction of sp³-hybridized carbons (Fsp3) is 0.619. The number of nitrogens with zero attached hydrogens (tertiary/aromatic N) is 5. The molecule has 3 amide bonds. The van der Waals surface area contributed by atoms with Gasteiger partial charge in [0, 0.05) is 42.5 Å². The highest BCUT2D eigenvalue weighted by Gasteiger charge is 2.56. The van der Waals surface area contributed by atoms with Gasteiger partial charge in [0.2, 0.25) is 11.7 Å². The molecule has 0 aromatic rings. The van der Waals surface area contributed by atoms with Crippen LogP contribution in [0, 0.1) is 5.41 Å². The molecular weight excluding hydrogens is 524 g/mol. The molecule has 5 N–H and O–H groups in total. The second-order valence-electron chi connectivity index (χ2n) is 9.89. The van der Waals surface area contributed by atoms with Crippen LogP contribution in [-0.2, 0) is 24.0 Å². The summed E-state index contributed by atoms with van der Waals surface area (Å²) in [6.45, 7) is 2.66. The maximum atomic E-state index is 13.1.